The summed E-state index contributed by atoms with van der Waals surface area (Å²) in [6.07, 6.45) is 9.70. The summed E-state index contributed by atoms with van der Waals surface area (Å²) in [6, 6.07) is 10.5. The fourth-order valence-electron chi connectivity index (χ4n) is 2.42. The quantitative estimate of drug-likeness (QED) is 0.458. The first-order chi connectivity index (χ1) is 13.7. The monoisotopic (exact) mass is 377 g/mol. The molecule has 0 saturated carbocycles. The SMILES string of the molecule is CC/C=C/N=C(Nc1ccc(C)c(Nc2ncc(-c3ccncc3)o2)c1)OC. The van der Waals surface area contributed by atoms with Crippen molar-refractivity contribution < 1.29 is 9.15 Å². The molecule has 7 heteroatoms. The minimum atomic E-state index is 0.413. The molecule has 0 radical (unpaired) electrons. The maximum absolute atomic E-state index is 5.81. The zero-order chi connectivity index (χ0) is 19.8. The van der Waals surface area contributed by atoms with Gasteiger partial charge in [-0.05, 0) is 43.2 Å². The average Bonchev–Trinajstić information content (AvgIpc) is 3.19. The first kappa shape index (κ1) is 19.2. The molecule has 2 heterocycles. The Morgan fingerprint density at radius 3 is 2.82 bits per heavy atom. The number of aromatic nitrogens is 2. The van der Waals surface area contributed by atoms with E-state index in [1.165, 1.54) is 0 Å². The molecule has 0 saturated heterocycles. The van der Waals surface area contributed by atoms with Gasteiger partial charge in [0.15, 0.2) is 5.76 Å². The van der Waals surface area contributed by atoms with Crippen LogP contribution in [0.5, 0.6) is 0 Å². The summed E-state index contributed by atoms with van der Waals surface area (Å²) in [5.41, 5.74) is 3.67. The van der Waals surface area contributed by atoms with Gasteiger partial charge < -0.3 is 19.8 Å². The molecule has 1 aromatic carbocycles. The van der Waals surface area contributed by atoms with Gasteiger partial charge in [-0.25, -0.2) is 9.98 Å². The van der Waals surface area contributed by atoms with Crippen LogP contribution in [0.25, 0.3) is 11.3 Å². The Hall–Kier alpha value is -3.61. The van der Waals surface area contributed by atoms with E-state index in [1.54, 1.807) is 31.9 Å². The number of hydrogen-bond donors (Lipinski definition) is 2. The fourth-order valence-corrected chi connectivity index (χ4v) is 2.42. The summed E-state index contributed by atoms with van der Waals surface area (Å²) in [5.74, 6) is 0.674. The molecule has 0 bridgehead atoms. The van der Waals surface area contributed by atoms with Gasteiger partial charge in [0.05, 0.1) is 13.3 Å². The van der Waals surface area contributed by atoms with E-state index in [0.29, 0.717) is 17.8 Å². The van der Waals surface area contributed by atoms with Gasteiger partial charge in [-0.15, -0.1) is 0 Å². The van der Waals surface area contributed by atoms with E-state index >= 15 is 0 Å². The Morgan fingerprint density at radius 1 is 1.25 bits per heavy atom. The number of benzene rings is 1. The lowest BCUT2D eigenvalue weighted by atomic mass is 10.2. The second-order valence-corrected chi connectivity index (χ2v) is 5.98. The maximum atomic E-state index is 5.81. The van der Waals surface area contributed by atoms with Crippen molar-refractivity contribution in [2.45, 2.75) is 20.3 Å². The van der Waals surface area contributed by atoms with Crippen LogP contribution in [0, 0.1) is 6.92 Å². The van der Waals surface area contributed by atoms with Crippen LogP contribution in [0.1, 0.15) is 18.9 Å². The molecule has 7 nitrogen and oxygen atoms in total. The Labute approximate surface area is 164 Å². The van der Waals surface area contributed by atoms with Gasteiger partial charge in [-0.3, -0.25) is 4.98 Å². The normalized spacial score (nSPS) is 11.6. The van der Waals surface area contributed by atoms with Crippen molar-refractivity contribution in [3.05, 3.63) is 66.8 Å². The number of amidine groups is 1. The Balaban J connectivity index is 1.76. The van der Waals surface area contributed by atoms with Crippen LogP contribution in [0.15, 0.2) is 70.6 Å². The number of methoxy groups -OCH3 is 1. The number of hydrogen-bond acceptors (Lipinski definition) is 6. The molecular formula is C21H23N5O2. The molecule has 0 amide bonds. The number of oxazole rings is 1. The van der Waals surface area contributed by atoms with Crippen LogP contribution < -0.4 is 10.6 Å². The van der Waals surface area contributed by atoms with Gasteiger partial charge in [0, 0.05) is 35.5 Å². The lowest BCUT2D eigenvalue weighted by Crippen LogP contribution is -2.13. The number of ether oxygens (including phenoxy) is 1. The maximum Gasteiger partial charge on any atom is 0.299 e. The largest absolute Gasteiger partial charge is 0.468 e. The summed E-state index contributed by atoms with van der Waals surface area (Å²) in [5, 5.41) is 6.37. The number of anilines is 3. The predicted molar refractivity (Wildman–Crippen MR) is 112 cm³/mol. The highest BCUT2D eigenvalue weighted by Gasteiger charge is 2.09. The average molecular weight is 377 g/mol. The summed E-state index contributed by atoms with van der Waals surface area (Å²) < 4.78 is 11.1. The van der Waals surface area contributed by atoms with Crippen molar-refractivity contribution in [3.8, 4) is 11.3 Å². The molecule has 2 aromatic heterocycles. The molecule has 0 aliphatic carbocycles. The third-order valence-corrected chi connectivity index (χ3v) is 3.93. The van der Waals surface area contributed by atoms with Crippen molar-refractivity contribution in [2.24, 2.45) is 4.99 Å². The summed E-state index contributed by atoms with van der Waals surface area (Å²) in [7, 11) is 1.58. The van der Waals surface area contributed by atoms with Crippen molar-refractivity contribution in [1.29, 1.82) is 0 Å². The molecular weight excluding hydrogens is 354 g/mol. The van der Waals surface area contributed by atoms with Crippen LogP contribution in [-0.2, 0) is 4.74 Å². The van der Waals surface area contributed by atoms with E-state index in [2.05, 4.69) is 25.6 Å². The minimum Gasteiger partial charge on any atom is -0.468 e. The van der Waals surface area contributed by atoms with Gasteiger partial charge in [0.25, 0.3) is 12.0 Å². The molecule has 144 valence electrons. The van der Waals surface area contributed by atoms with Crippen LogP contribution in [0.2, 0.25) is 0 Å². The number of nitrogens with zero attached hydrogens (tertiary/aromatic N) is 3. The van der Waals surface area contributed by atoms with Crippen molar-refractivity contribution in [2.75, 3.05) is 17.7 Å². The topological polar surface area (TPSA) is 84.6 Å². The van der Waals surface area contributed by atoms with E-state index < -0.39 is 0 Å². The van der Waals surface area contributed by atoms with E-state index in [9.17, 15) is 0 Å². The highest BCUT2D eigenvalue weighted by molar-refractivity contribution is 5.90. The van der Waals surface area contributed by atoms with Gasteiger partial charge in [0.1, 0.15) is 0 Å². The Morgan fingerprint density at radius 2 is 2.07 bits per heavy atom. The van der Waals surface area contributed by atoms with Gasteiger partial charge in [0.2, 0.25) is 0 Å². The van der Waals surface area contributed by atoms with Gasteiger partial charge >= 0.3 is 0 Å². The predicted octanol–water partition coefficient (Wildman–Crippen LogP) is 5.13. The number of aryl methyl sites for hydroxylation is 1. The molecule has 0 atom stereocenters. The van der Waals surface area contributed by atoms with Crippen LogP contribution in [-0.4, -0.2) is 23.1 Å². The third kappa shape index (κ3) is 4.97. The second-order valence-electron chi connectivity index (χ2n) is 5.98. The highest BCUT2D eigenvalue weighted by atomic mass is 16.5. The van der Waals surface area contributed by atoms with Crippen LogP contribution >= 0.6 is 0 Å². The lowest BCUT2D eigenvalue weighted by Gasteiger charge is -2.11. The fraction of sp³-hybridized carbons (Fsp3) is 0.190. The molecule has 0 unspecified atom stereocenters. The van der Waals surface area contributed by atoms with Crippen molar-refractivity contribution >= 4 is 23.4 Å². The van der Waals surface area contributed by atoms with Crippen LogP contribution in [0.4, 0.5) is 17.4 Å². The summed E-state index contributed by atoms with van der Waals surface area (Å²) in [4.78, 5) is 12.6. The van der Waals surface area contributed by atoms with Crippen LogP contribution in [0.3, 0.4) is 0 Å². The zero-order valence-electron chi connectivity index (χ0n) is 16.1. The Kier molecular flexibility index (Phi) is 6.41. The van der Waals surface area contributed by atoms with Crippen molar-refractivity contribution in [3.63, 3.8) is 0 Å². The highest BCUT2D eigenvalue weighted by Crippen LogP contribution is 2.27. The first-order valence-electron chi connectivity index (χ1n) is 8.97. The number of pyridine rings is 1. The zero-order valence-corrected chi connectivity index (χ0v) is 16.1. The molecule has 0 spiro atoms. The smallest absolute Gasteiger partial charge is 0.299 e. The van der Waals surface area contributed by atoms with E-state index in [1.807, 2.05) is 50.3 Å². The minimum absolute atomic E-state index is 0.413. The van der Waals surface area contributed by atoms with Crippen molar-refractivity contribution in [1.82, 2.24) is 9.97 Å². The molecule has 0 fully saturated rings. The number of aliphatic imine (C=N–C) groups is 1. The van der Waals surface area contributed by atoms with Gasteiger partial charge in [-0.2, -0.15) is 0 Å². The molecule has 28 heavy (non-hydrogen) atoms. The number of allylic oxidation sites excluding steroid dienone is 1. The number of nitrogens with one attached hydrogen (secondary N) is 2. The number of rotatable bonds is 6. The molecule has 2 N–H and O–H groups in total. The molecule has 0 aliphatic heterocycles. The van der Waals surface area contributed by atoms with E-state index in [-0.39, 0.29) is 0 Å². The molecule has 0 aliphatic rings. The second kappa shape index (κ2) is 9.36. The third-order valence-electron chi connectivity index (χ3n) is 3.93. The lowest BCUT2D eigenvalue weighted by molar-refractivity contribution is 0.402. The van der Waals surface area contributed by atoms with Gasteiger partial charge in [-0.1, -0.05) is 19.1 Å². The first-order valence-corrected chi connectivity index (χ1v) is 8.97. The molecule has 3 aromatic rings. The van der Waals surface area contributed by atoms with E-state index in [4.69, 9.17) is 9.15 Å². The molecule has 3 rings (SSSR count). The standard InChI is InChI=1S/C21H23N5O2/c1-4-5-10-23-20(27-3)25-17-7-6-15(2)18(13-17)26-21-24-14-19(28-21)16-8-11-22-12-9-16/h5-14H,4H2,1-3H3,(H,23,25)(H,24,26)/b10-5+. The van der Waals surface area contributed by atoms with E-state index in [0.717, 1.165) is 28.9 Å². The Bertz CT molecular complexity index is 964. The summed E-state index contributed by atoms with van der Waals surface area (Å²) >= 11 is 0. The summed E-state index contributed by atoms with van der Waals surface area (Å²) in [6.45, 7) is 4.06.